The first-order valence-corrected chi connectivity index (χ1v) is 11.3. The summed E-state index contributed by atoms with van der Waals surface area (Å²) in [7, 11) is 0. The Kier molecular flexibility index (Phi) is 10.6. The van der Waals surface area contributed by atoms with Gasteiger partial charge in [0, 0.05) is 16.6 Å². The standard InChI is InChI=1S/C22H29BrN4O2S/c1-3-27(4-2)14-6-13-24-22(30)26-25-21(28)18-8-5-7-17(15-18)16-29-20-11-9-19(23)10-12-20/h5,7-12,15H,3-4,6,13-14,16H2,1-2H3,(H,25,28)(H2,24,26,30). The molecule has 0 aliphatic heterocycles. The third-order valence-electron chi connectivity index (χ3n) is 4.53. The number of nitrogens with zero attached hydrogens (tertiary/aromatic N) is 1. The molecule has 2 aromatic rings. The third-order valence-corrected chi connectivity index (χ3v) is 5.30. The van der Waals surface area contributed by atoms with Crippen molar-refractivity contribution in [3.8, 4) is 5.75 Å². The monoisotopic (exact) mass is 492 g/mol. The van der Waals surface area contributed by atoms with Crippen molar-refractivity contribution in [2.75, 3.05) is 26.2 Å². The van der Waals surface area contributed by atoms with Crippen LogP contribution in [0.2, 0.25) is 0 Å². The SMILES string of the molecule is CCN(CC)CCCNC(=S)NNC(=O)c1cccc(COc2ccc(Br)cc2)c1. The minimum absolute atomic E-state index is 0.257. The highest BCUT2D eigenvalue weighted by Crippen LogP contribution is 2.17. The fourth-order valence-corrected chi connectivity index (χ4v) is 3.19. The average molecular weight is 493 g/mol. The van der Waals surface area contributed by atoms with Gasteiger partial charge in [-0.25, -0.2) is 0 Å². The summed E-state index contributed by atoms with van der Waals surface area (Å²) in [6.07, 6.45) is 0.984. The van der Waals surface area contributed by atoms with Crippen molar-refractivity contribution in [2.24, 2.45) is 0 Å². The highest BCUT2D eigenvalue weighted by molar-refractivity contribution is 9.10. The molecule has 2 aromatic carbocycles. The fourth-order valence-electron chi connectivity index (χ4n) is 2.77. The Labute approximate surface area is 192 Å². The van der Waals surface area contributed by atoms with E-state index in [0.29, 0.717) is 17.3 Å². The zero-order valence-corrected chi connectivity index (χ0v) is 19.8. The van der Waals surface area contributed by atoms with Crippen LogP contribution in [-0.2, 0) is 6.61 Å². The summed E-state index contributed by atoms with van der Waals surface area (Å²) >= 11 is 8.61. The first-order chi connectivity index (χ1) is 14.5. The number of amides is 1. The molecule has 1 amide bonds. The van der Waals surface area contributed by atoms with Crippen LogP contribution in [0.3, 0.4) is 0 Å². The highest BCUT2D eigenvalue weighted by atomic mass is 79.9. The molecule has 0 saturated carbocycles. The van der Waals surface area contributed by atoms with Crippen LogP contribution in [-0.4, -0.2) is 42.1 Å². The van der Waals surface area contributed by atoms with Crippen molar-refractivity contribution < 1.29 is 9.53 Å². The van der Waals surface area contributed by atoms with Crippen LogP contribution in [0.25, 0.3) is 0 Å². The number of rotatable bonds is 10. The van der Waals surface area contributed by atoms with Crippen molar-refractivity contribution >= 4 is 39.2 Å². The molecule has 0 aromatic heterocycles. The van der Waals surface area contributed by atoms with Gasteiger partial charge < -0.3 is 15.0 Å². The van der Waals surface area contributed by atoms with Crippen LogP contribution >= 0.6 is 28.1 Å². The molecule has 162 valence electrons. The van der Waals surface area contributed by atoms with Gasteiger partial charge in [0.25, 0.3) is 5.91 Å². The summed E-state index contributed by atoms with van der Waals surface area (Å²) in [5.74, 6) is 0.514. The normalized spacial score (nSPS) is 10.5. The van der Waals surface area contributed by atoms with Crippen LogP contribution in [0.4, 0.5) is 0 Å². The van der Waals surface area contributed by atoms with Gasteiger partial charge in [-0.05, 0) is 80.2 Å². The zero-order chi connectivity index (χ0) is 21.8. The van der Waals surface area contributed by atoms with E-state index in [4.69, 9.17) is 17.0 Å². The van der Waals surface area contributed by atoms with Gasteiger partial charge in [0.15, 0.2) is 5.11 Å². The second-order valence-corrected chi connectivity index (χ2v) is 7.98. The number of halogens is 1. The number of nitrogens with one attached hydrogen (secondary N) is 3. The van der Waals surface area contributed by atoms with E-state index in [0.717, 1.165) is 48.4 Å². The van der Waals surface area contributed by atoms with E-state index in [2.05, 4.69) is 50.8 Å². The van der Waals surface area contributed by atoms with Gasteiger partial charge in [0.1, 0.15) is 12.4 Å². The molecule has 0 radical (unpaired) electrons. The number of carbonyl (C=O) groups excluding carboxylic acids is 1. The van der Waals surface area contributed by atoms with E-state index in [1.807, 2.05) is 36.4 Å². The number of thiocarbonyl (C=S) groups is 1. The second-order valence-electron chi connectivity index (χ2n) is 6.66. The van der Waals surface area contributed by atoms with Crippen molar-refractivity contribution in [1.29, 1.82) is 0 Å². The maximum Gasteiger partial charge on any atom is 0.269 e. The highest BCUT2D eigenvalue weighted by Gasteiger charge is 2.07. The molecule has 0 atom stereocenters. The summed E-state index contributed by atoms with van der Waals surface area (Å²) in [5, 5.41) is 3.50. The lowest BCUT2D eigenvalue weighted by Gasteiger charge is -2.18. The predicted molar refractivity (Wildman–Crippen MR) is 129 cm³/mol. The van der Waals surface area contributed by atoms with E-state index in [-0.39, 0.29) is 5.91 Å². The molecule has 0 heterocycles. The molecule has 0 saturated heterocycles. The molecule has 0 fully saturated rings. The molecule has 0 aliphatic carbocycles. The molecule has 2 rings (SSSR count). The van der Waals surface area contributed by atoms with Gasteiger partial charge in [0.2, 0.25) is 0 Å². The summed E-state index contributed by atoms with van der Waals surface area (Å²) in [5.41, 5.74) is 6.82. The minimum atomic E-state index is -0.257. The molecule has 0 bridgehead atoms. The van der Waals surface area contributed by atoms with E-state index >= 15 is 0 Å². The van der Waals surface area contributed by atoms with Gasteiger partial charge in [-0.2, -0.15) is 0 Å². The number of carbonyl (C=O) groups is 1. The lowest BCUT2D eigenvalue weighted by molar-refractivity contribution is 0.0943. The van der Waals surface area contributed by atoms with E-state index in [1.54, 1.807) is 12.1 Å². The smallest absolute Gasteiger partial charge is 0.269 e. The Balaban J connectivity index is 1.73. The van der Waals surface area contributed by atoms with Crippen molar-refractivity contribution in [2.45, 2.75) is 26.9 Å². The zero-order valence-electron chi connectivity index (χ0n) is 17.4. The number of ether oxygens (including phenoxy) is 1. The largest absolute Gasteiger partial charge is 0.489 e. The lowest BCUT2D eigenvalue weighted by atomic mass is 10.1. The van der Waals surface area contributed by atoms with Crippen LogP contribution in [0.1, 0.15) is 36.2 Å². The molecular weight excluding hydrogens is 464 g/mol. The maximum atomic E-state index is 12.4. The lowest BCUT2D eigenvalue weighted by Crippen LogP contribution is -2.47. The van der Waals surface area contributed by atoms with Crippen LogP contribution in [0.5, 0.6) is 5.75 Å². The van der Waals surface area contributed by atoms with Crippen LogP contribution in [0.15, 0.2) is 53.0 Å². The van der Waals surface area contributed by atoms with Gasteiger partial charge in [-0.1, -0.05) is 41.9 Å². The molecular formula is C22H29BrN4O2S. The van der Waals surface area contributed by atoms with Crippen molar-refractivity contribution in [3.05, 3.63) is 64.1 Å². The van der Waals surface area contributed by atoms with E-state index < -0.39 is 0 Å². The summed E-state index contributed by atoms with van der Waals surface area (Å²) < 4.78 is 6.76. The Hall–Kier alpha value is -2.16. The number of hydrazine groups is 1. The Morgan fingerprint density at radius 2 is 1.83 bits per heavy atom. The first kappa shape index (κ1) is 24.1. The van der Waals surface area contributed by atoms with Crippen molar-refractivity contribution in [3.63, 3.8) is 0 Å². The third kappa shape index (κ3) is 8.69. The minimum Gasteiger partial charge on any atom is -0.489 e. The number of hydrogen-bond acceptors (Lipinski definition) is 4. The Bertz CT molecular complexity index is 813. The number of hydrogen-bond donors (Lipinski definition) is 3. The van der Waals surface area contributed by atoms with E-state index in [1.165, 1.54) is 0 Å². The Morgan fingerprint density at radius 3 is 2.53 bits per heavy atom. The first-order valence-electron chi connectivity index (χ1n) is 10.1. The molecule has 0 unspecified atom stereocenters. The quantitative estimate of drug-likeness (QED) is 0.265. The summed E-state index contributed by atoms with van der Waals surface area (Å²) in [6, 6.07) is 14.9. The van der Waals surface area contributed by atoms with Gasteiger partial charge >= 0.3 is 0 Å². The van der Waals surface area contributed by atoms with Gasteiger partial charge in [-0.3, -0.25) is 15.6 Å². The predicted octanol–water partition coefficient (Wildman–Crippen LogP) is 3.87. The Morgan fingerprint density at radius 1 is 1.10 bits per heavy atom. The van der Waals surface area contributed by atoms with Crippen molar-refractivity contribution in [1.82, 2.24) is 21.1 Å². The molecule has 8 heteroatoms. The van der Waals surface area contributed by atoms with Crippen LogP contribution < -0.4 is 20.9 Å². The summed E-state index contributed by atoms with van der Waals surface area (Å²) in [4.78, 5) is 14.8. The van der Waals surface area contributed by atoms with E-state index in [9.17, 15) is 4.79 Å². The summed E-state index contributed by atoms with van der Waals surface area (Å²) in [6.45, 7) is 8.54. The second kappa shape index (κ2) is 13.2. The molecule has 6 nitrogen and oxygen atoms in total. The fraction of sp³-hybridized carbons (Fsp3) is 0.364. The molecule has 0 aliphatic rings. The van der Waals surface area contributed by atoms with Gasteiger partial charge in [0.05, 0.1) is 0 Å². The molecule has 3 N–H and O–H groups in total. The topological polar surface area (TPSA) is 65.6 Å². The average Bonchev–Trinajstić information content (AvgIpc) is 2.77. The molecule has 30 heavy (non-hydrogen) atoms. The molecule has 0 spiro atoms. The van der Waals surface area contributed by atoms with Gasteiger partial charge in [-0.15, -0.1) is 0 Å². The number of benzene rings is 2. The maximum absolute atomic E-state index is 12.4. The van der Waals surface area contributed by atoms with Crippen LogP contribution in [0, 0.1) is 0 Å².